The van der Waals surface area contributed by atoms with Crippen molar-refractivity contribution in [3.8, 4) is 0 Å². The molecule has 0 saturated carbocycles. The van der Waals surface area contributed by atoms with Gasteiger partial charge in [-0.05, 0) is 19.3 Å². The topological polar surface area (TPSA) is 66.0 Å². The summed E-state index contributed by atoms with van der Waals surface area (Å²) in [7, 11) is 1.67. The smallest absolute Gasteiger partial charge is 0.210 e. The molecule has 5 nitrogen and oxygen atoms in total. The third-order valence-corrected chi connectivity index (χ3v) is 3.92. The Labute approximate surface area is 105 Å². The van der Waals surface area contributed by atoms with Crippen molar-refractivity contribution >= 4 is 11.8 Å². The predicted octanol–water partition coefficient (Wildman–Crippen LogP) is 1.38. The molecule has 1 atom stereocenters. The minimum Gasteiger partial charge on any atom is -0.384 e. The highest BCUT2D eigenvalue weighted by Gasteiger charge is 2.16. The van der Waals surface area contributed by atoms with Crippen LogP contribution >= 0.6 is 11.8 Å². The number of methoxy groups -OCH3 is 1. The quantitative estimate of drug-likeness (QED) is 0.635. The normalized spacial score (nSPS) is 19.7. The Bertz CT molecular complexity index is 391. The molecule has 0 spiro atoms. The minimum atomic E-state index is 0.477. The van der Waals surface area contributed by atoms with E-state index in [1.165, 1.54) is 19.3 Å². The van der Waals surface area contributed by atoms with Gasteiger partial charge in [0.05, 0.1) is 6.61 Å². The van der Waals surface area contributed by atoms with Gasteiger partial charge in [-0.15, -0.1) is 10.2 Å². The number of nitrogens with two attached hydrogens (primary N) is 1. The van der Waals surface area contributed by atoms with Crippen LogP contribution in [0.5, 0.6) is 0 Å². The summed E-state index contributed by atoms with van der Waals surface area (Å²) in [5.74, 6) is 6.72. The molecule has 0 fully saturated rings. The average Bonchev–Trinajstić information content (AvgIpc) is 2.70. The molecule has 0 amide bonds. The Kier molecular flexibility index (Phi) is 4.44. The molecule has 94 valence electrons. The van der Waals surface area contributed by atoms with Crippen LogP contribution in [0.4, 0.5) is 0 Å². The lowest BCUT2D eigenvalue weighted by Crippen LogP contribution is -2.16. The number of thioether (sulfide) groups is 1. The number of allylic oxidation sites excluding steroid dienone is 1. The molecular weight excluding hydrogens is 236 g/mol. The van der Waals surface area contributed by atoms with Gasteiger partial charge in [0.25, 0.3) is 0 Å². The molecule has 1 aliphatic carbocycles. The largest absolute Gasteiger partial charge is 0.384 e. The summed E-state index contributed by atoms with van der Waals surface area (Å²) in [5, 5.41) is 9.47. The number of nitrogens with zero attached hydrogens (tertiary/aromatic N) is 3. The molecule has 0 aromatic carbocycles. The van der Waals surface area contributed by atoms with Crippen molar-refractivity contribution in [2.45, 2.75) is 36.1 Å². The lowest BCUT2D eigenvalue weighted by Gasteiger charge is -2.14. The molecule has 1 aliphatic rings. The average molecular weight is 254 g/mol. The molecule has 0 bridgehead atoms. The molecule has 0 aliphatic heterocycles. The van der Waals surface area contributed by atoms with Crippen molar-refractivity contribution in [1.82, 2.24) is 14.9 Å². The fourth-order valence-electron chi connectivity index (χ4n) is 1.77. The number of aromatic nitrogens is 3. The van der Waals surface area contributed by atoms with E-state index in [2.05, 4.69) is 22.3 Å². The van der Waals surface area contributed by atoms with Crippen LogP contribution in [0.15, 0.2) is 17.3 Å². The van der Waals surface area contributed by atoms with Crippen LogP contribution in [0.1, 0.15) is 25.1 Å². The SMILES string of the molecule is COCCc1nnc(SC2C=CCCC2)n1N. The second-order valence-electron chi connectivity index (χ2n) is 4.03. The van der Waals surface area contributed by atoms with Crippen LogP contribution in [-0.2, 0) is 11.2 Å². The van der Waals surface area contributed by atoms with E-state index in [1.54, 1.807) is 23.5 Å². The predicted molar refractivity (Wildman–Crippen MR) is 68.4 cm³/mol. The highest BCUT2D eigenvalue weighted by Crippen LogP contribution is 2.28. The number of hydrogen-bond acceptors (Lipinski definition) is 5. The van der Waals surface area contributed by atoms with Crippen molar-refractivity contribution in [2.75, 3.05) is 19.6 Å². The number of ether oxygens (including phenoxy) is 1. The summed E-state index contributed by atoms with van der Waals surface area (Å²) >= 11 is 1.68. The number of nitrogen functional groups attached to an aromatic ring is 1. The molecule has 6 heteroatoms. The molecule has 2 rings (SSSR count). The van der Waals surface area contributed by atoms with E-state index in [1.807, 2.05) is 0 Å². The fraction of sp³-hybridized carbons (Fsp3) is 0.636. The maximum absolute atomic E-state index is 5.95. The second-order valence-corrected chi connectivity index (χ2v) is 5.23. The first-order chi connectivity index (χ1) is 8.31. The van der Waals surface area contributed by atoms with Crippen molar-refractivity contribution in [2.24, 2.45) is 0 Å². The Morgan fingerprint density at radius 2 is 2.47 bits per heavy atom. The van der Waals surface area contributed by atoms with Gasteiger partial charge in [-0.2, -0.15) is 0 Å². The summed E-state index contributed by atoms with van der Waals surface area (Å²) < 4.78 is 6.58. The highest BCUT2D eigenvalue weighted by molar-refractivity contribution is 7.99. The lowest BCUT2D eigenvalue weighted by molar-refractivity contribution is 0.200. The standard InChI is InChI=1S/C11H18N4OS/c1-16-8-7-10-13-14-11(15(10)12)17-9-5-3-2-4-6-9/h3,5,9H,2,4,6-8,12H2,1H3. The van der Waals surface area contributed by atoms with E-state index < -0.39 is 0 Å². The first kappa shape index (κ1) is 12.4. The van der Waals surface area contributed by atoms with Crippen molar-refractivity contribution in [3.63, 3.8) is 0 Å². The summed E-state index contributed by atoms with van der Waals surface area (Å²) in [4.78, 5) is 0. The van der Waals surface area contributed by atoms with Crippen molar-refractivity contribution in [1.29, 1.82) is 0 Å². The van der Waals surface area contributed by atoms with Crippen LogP contribution in [0.2, 0.25) is 0 Å². The van der Waals surface area contributed by atoms with Gasteiger partial charge in [-0.1, -0.05) is 23.9 Å². The van der Waals surface area contributed by atoms with Gasteiger partial charge in [-0.25, -0.2) is 4.68 Å². The van der Waals surface area contributed by atoms with Gasteiger partial charge >= 0.3 is 0 Å². The zero-order chi connectivity index (χ0) is 12.1. The molecular formula is C11H18N4OS. The van der Waals surface area contributed by atoms with Gasteiger partial charge in [-0.3, -0.25) is 0 Å². The molecule has 2 N–H and O–H groups in total. The first-order valence-electron chi connectivity index (χ1n) is 5.83. The van der Waals surface area contributed by atoms with E-state index in [9.17, 15) is 0 Å². The Hall–Kier alpha value is -1.01. The zero-order valence-corrected chi connectivity index (χ0v) is 10.8. The van der Waals surface area contributed by atoms with Crippen molar-refractivity contribution < 1.29 is 4.74 Å². The van der Waals surface area contributed by atoms with Gasteiger partial charge in [0.2, 0.25) is 5.16 Å². The monoisotopic (exact) mass is 254 g/mol. The molecule has 1 aromatic rings. The molecule has 0 radical (unpaired) electrons. The van der Waals surface area contributed by atoms with E-state index in [-0.39, 0.29) is 0 Å². The minimum absolute atomic E-state index is 0.477. The van der Waals surface area contributed by atoms with E-state index in [0.29, 0.717) is 18.3 Å². The maximum atomic E-state index is 5.95. The van der Waals surface area contributed by atoms with Gasteiger partial charge in [0.1, 0.15) is 0 Å². The van der Waals surface area contributed by atoms with Crippen molar-refractivity contribution in [3.05, 3.63) is 18.0 Å². The third-order valence-electron chi connectivity index (χ3n) is 2.73. The summed E-state index contributed by atoms with van der Waals surface area (Å²) in [6, 6.07) is 0. The van der Waals surface area contributed by atoms with Crippen LogP contribution in [-0.4, -0.2) is 33.8 Å². The van der Waals surface area contributed by atoms with Crippen LogP contribution in [0, 0.1) is 0 Å². The Morgan fingerprint density at radius 1 is 1.59 bits per heavy atom. The lowest BCUT2D eigenvalue weighted by atomic mass is 10.1. The Morgan fingerprint density at radius 3 is 3.18 bits per heavy atom. The van der Waals surface area contributed by atoms with Crippen LogP contribution in [0.25, 0.3) is 0 Å². The zero-order valence-electron chi connectivity index (χ0n) is 10.0. The molecule has 1 unspecified atom stereocenters. The van der Waals surface area contributed by atoms with Gasteiger partial charge in [0, 0.05) is 18.8 Å². The van der Waals surface area contributed by atoms with Crippen LogP contribution < -0.4 is 5.84 Å². The summed E-state index contributed by atoms with van der Waals surface area (Å²) in [5.41, 5.74) is 0. The third kappa shape index (κ3) is 3.23. The van der Waals surface area contributed by atoms with Crippen LogP contribution in [0.3, 0.4) is 0 Å². The molecule has 17 heavy (non-hydrogen) atoms. The van der Waals surface area contributed by atoms with E-state index in [0.717, 1.165) is 11.0 Å². The first-order valence-corrected chi connectivity index (χ1v) is 6.71. The molecule has 1 aromatic heterocycles. The molecule has 0 saturated heterocycles. The van der Waals surface area contributed by atoms with E-state index >= 15 is 0 Å². The number of hydrogen-bond donors (Lipinski definition) is 1. The maximum Gasteiger partial charge on any atom is 0.210 e. The highest BCUT2D eigenvalue weighted by atomic mass is 32.2. The van der Waals surface area contributed by atoms with Gasteiger partial charge in [0.15, 0.2) is 5.82 Å². The van der Waals surface area contributed by atoms with Gasteiger partial charge < -0.3 is 10.6 Å². The molecule has 1 heterocycles. The fourth-order valence-corrected chi connectivity index (χ4v) is 2.82. The van der Waals surface area contributed by atoms with E-state index in [4.69, 9.17) is 10.6 Å². The second kappa shape index (κ2) is 6.07. The summed E-state index contributed by atoms with van der Waals surface area (Å²) in [6.45, 7) is 0.614. The Balaban J connectivity index is 1.98. The summed E-state index contributed by atoms with van der Waals surface area (Å²) in [6.07, 6.45) is 8.76. The number of rotatable bonds is 5.